The highest BCUT2D eigenvalue weighted by Crippen LogP contribution is 2.28. The highest BCUT2D eigenvalue weighted by Gasteiger charge is 2.15. The van der Waals surface area contributed by atoms with Gasteiger partial charge in [-0.15, -0.1) is 0 Å². The Bertz CT molecular complexity index is 353. The van der Waals surface area contributed by atoms with Crippen molar-refractivity contribution >= 4 is 17.3 Å². The Morgan fingerprint density at radius 1 is 1.44 bits per heavy atom. The number of benzene rings is 1. The van der Waals surface area contributed by atoms with Gasteiger partial charge >= 0.3 is 0 Å². The molecule has 0 saturated heterocycles. The molecule has 0 aliphatic carbocycles. The van der Waals surface area contributed by atoms with Crippen molar-refractivity contribution in [3.63, 3.8) is 0 Å². The topological polar surface area (TPSA) is 47.3 Å². The standard InChI is InChI=1S/C12H19ClN2O/c1-4-16-11-6-5-9(7-10(11)13)15-12(2,3)8-14/h5-7,15H,4,8,14H2,1-3H3. The van der Waals surface area contributed by atoms with Crippen molar-refractivity contribution in [2.24, 2.45) is 5.73 Å². The molecule has 4 heteroatoms. The maximum absolute atomic E-state index is 6.08. The third-order valence-corrected chi connectivity index (χ3v) is 2.52. The average molecular weight is 243 g/mol. The van der Waals surface area contributed by atoms with E-state index in [-0.39, 0.29) is 5.54 Å². The largest absolute Gasteiger partial charge is 0.492 e. The van der Waals surface area contributed by atoms with Gasteiger partial charge < -0.3 is 15.8 Å². The van der Waals surface area contributed by atoms with Crippen molar-refractivity contribution in [2.75, 3.05) is 18.5 Å². The average Bonchev–Trinajstić information content (AvgIpc) is 2.22. The summed E-state index contributed by atoms with van der Waals surface area (Å²) in [7, 11) is 0. The molecule has 0 bridgehead atoms. The molecule has 1 aromatic rings. The fraction of sp³-hybridized carbons (Fsp3) is 0.500. The number of anilines is 1. The SMILES string of the molecule is CCOc1ccc(NC(C)(C)CN)cc1Cl. The van der Waals surface area contributed by atoms with Crippen LogP contribution in [0.25, 0.3) is 0 Å². The molecule has 0 aromatic heterocycles. The quantitative estimate of drug-likeness (QED) is 0.835. The van der Waals surface area contributed by atoms with E-state index in [1.54, 1.807) is 0 Å². The van der Waals surface area contributed by atoms with E-state index in [0.717, 1.165) is 5.69 Å². The minimum absolute atomic E-state index is 0.142. The molecule has 0 heterocycles. The van der Waals surface area contributed by atoms with Crippen LogP contribution in [0.4, 0.5) is 5.69 Å². The smallest absolute Gasteiger partial charge is 0.138 e. The summed E-state index contributed by atoms with van der Waals surface area (Å²) in [5, 5.41) is 3.92. The molecule has 0 aliphatic heterocycles. The fourth-order valence-corrected chi connectivity index (χ4v) is 1.53. The predicted molar refractivity (Wildman–Crippen MR) is 69.4 cm³/mol. The van der Waals surface area contributed by atoms with Crippen LogP contribution in [0, 0.1) is 0 Å². The fourth-order valence-electron chi connectivity index (χ4n) is 1.29. The molecule has 0 atom stereocenters. The molecule has 3 N–H and O–H groups in total. The van der Waals surface area contributed by atoms with Gasteiger partial charge in [0.05, 0.1) is 11.6 Å². The van der Waals surface area contributed by atoms with E-state index in [2.05, 4.69) is 5.32 Å². The number of hydrogen-bond donors (Lipinski definition) is 2. The number of halogens is 1. The van der Waals surface area contributed by atoms with Crippen molar-refractivity contribution in [2.45, 2.75) is 26.3 Å². The number of nitrogens with one attached hydrogen (secondary N) is 1. The molecular formula is C12H19ClN2O. The van der Waals surface area contributed by atoms with E-state index in [9.17, 15) is 0 Å². The highest BCUT2D eigenvalue weighted by molar-refractivity contribution is 6.32. The number of rotatable bonds is 5. The molecule has 3 nitrogen and oxygen atoms in total. The lowest BCUT2D eigenvalue weighted by atomic mass is 10.1. The Morgan fingerprint density at radius 3 is 2.62 bits per heavy atom. The van der Waals surface area contributed by atoms with Crippen LogP contribution in [0.15, 0.2) is 18.2 Å². The van der Waals surface area contributed by atoms with Crippen LogP contribution in [-0.2, 0) is 0 Å². The number of ether oxygens (including phenoxy) is 1. The summed E-state index contributed by atoms with van der Waals surface area (Å²) in [6.45, 7) is 7.17. The third kappa shape index (κ3) is 3.58. The van der Waals surface area contributed by atoms with Gasteiger partial charge in [0, 0.05) is 17.8 Å². The molecule has 16 heavy (non-hydrogen) atoms. The van der Waals surface area contributed by atoms with Crippen LogP contribution in [0.5, 0.6) is 5.75 Å². The van der Waals surface area contributed by atoms with Crippen LogP contribution in [0.1, 0.15) is 20.8 Å². The first-order valence-corrected chi connectivity index (χ1v) is 5.77. The molecule has 0 spiro atoms. The van der Waals surface area contributed by atoms with Gasteiger partial charge in [0.2, 0.25) is 0 Å². The third-order valence-electron chi connectivity index (χ3n) is 2.22. The second-order valence-electron chi connectivity index (χ2n) is 4.29. The molecule has 0 fully saturated rings. The number of hydrogen-bond acceptors (Lipinski definition) is 3. The van der Waals surface area contributed by atoms with Crippen molar-refractivity contribution < 1.29 is 4.74 Å². The Labute approximate surface area is 102 Å². The zero-order valence-corrected chi connectivity index (χ0v) is 10.8. The van der Waals surface area contributed by atoms with E-state index in [4.69, 9.17) is 22.1 Å². The maximum atomic E-state index is 6.08. The van der Waals surface area contributed by atoms with Gasteiger partial charge in [-0.05, 0) is 39.0 Å². The Hall–Kier alpha value is -0.930. The van der Waals surface area contributed by atoms with Crippen molar-refractivity contribution in [1.29, 1.82) is 0 Å². The lowest BCUT2D eigenvalue weighted by molar-refractivity contribution is 0.340. The molecule has 0 aliphatic rings. The second-order valence-corrected chi connectivity index (χ2v) is 4.70. The lowest BCUT2D eigenvalue weighted by Gasteiger charge is -2.25. The zero-order chi connectivity index (χ0) is 12.2. The van der Waals surface area contributed by atoms with Gasteiger partial charge in [-0.25, -0.2) is 0 Å². The molecule has 90 valence electrons. The van der Waals surface area contributed by atoms with Crippen LogP contribution in [0.3, 0.4) is 0 Å². The summed E-state index contributed by atoms with van der Waals surface area (Å²) >= 11 is 6.08. The van der Waals surface area contributed by atoms with E-state index < -0.39 is 0 Å². The van der Waals surface area contributed by atoms with E-state index in [1.165, 1.54) is 0 Å². The van der Waals surface area contributed by atoms with Gasteiger partial charge in [0.25, 0.3) is 0 Å². The molecule has 0 amide bonds. The first kappa shape index (κ1) is 13.1. The van der Waals surface area contributed by atoms with Crippen molar-refractivity contribution in [1.82, 2.24) is 0 Å². The molecule has 0 saturated carbocycles. The molecule has 0 unspecified atom stereocenters. The maximum Gasteiger partial charge on any atom is 0.138 e. The summed E-state index contributed by atoms with van der Waals surface area (Å²) < 4.78 is 5.36. The minimum atomic E-state index is -0.142. The Morgan fingerprint density at radius 2 is 2.12 bits per heavy atom. The summed E-state index contributed by atoms with van der Waals surface area (Å²) in [5.74, 6) is 0.709. The monoisotopic (exact) mass is 242 g/mol. The first-order valence-electron chi connectivity index (χ1n) is 5.39. The summed E-state index contributed by atoms with van der Waals surface area (Å²) in [6.07, 6.45) is 0. The Balaban J connectivity index is 2.81. The second kappa shape index (κ2) is 5.41. The zero-order valence-electron chi connectivity index (χ0n) is 10.0. The highest BCUT2D eigenvalue weighted by atomic mass is 35.5. The van der Waals surface area contributed by atoms with Crippen molar-refractivity contribution in [3.8, 4) is 5.75 Å². The summed E-state index contributed by atoms with van der Waals surface area (Å²) in [6, 6.07) is 5.65. The van der Waals surface area contributed by atoms with Gasteiger partial charge in [0.1, 0.15) is 5.75 Å². The van der Waals surface area contributed by atoms with Gasteiger partial charge in [-0.1, -0.05) is 11.6 Å². The summed E-state index contributed by atoms with van der Waals surface area (Å²) in [4.78, 5) is 0. The molecular weight excluding hydrogens is 224 g/mol. The van der Waals surface area contributed by atoms with E-state index >= 15 is 0 Å². The first-order chi connectivity index (χ1) is 7.48. The van der Waals surface area contributed by atoms with Crippen molar-refractivity contribution in [3.05, 3.63) is 23.2 Å². The van der Waals surface area contributed by atoms with Crippen LogP contribution >= 0.6 is 11.6 Å². The number of nitrogens with two attached hydrogens (primary N) is 1. The van der Waals surface area contributed by atoms with Crippen LogP contribution in [-0.4, -0.2) is 18.7 Å². The summed E-state index contributed by atoms with van der Waals surface area (Å²) in [5.41, 5.74) is 6.46. The van der Waals surface area contributed by atoms with Gasteiger partial charge in [-0.2, -0.15) is 0 Å². The van der Waals surface area contributed by atoms with Gasteiger partial charge in [0.15, 0.2) is 0 Å². The van der Waals surface area contributed by atoms with Crippen LogP contribution in [0.2, 0.25) is 5.02 Å². The van der Waals surface area contributed by atoms with E-state index in [0.29, 0.717) is 23.9 Å². The normalized spacial score (nSPS) is 11.3. The lowest BCUT2D eigenvalue weighted by Crippen LogP contribution is -2.39. The minimum Gasteiger partial charge on any atom is -0.492 e. The van der Waals surface area contributed by atoms with Crippen LogP contribution < -0.4 is 15.8 Å². The molecule has 1 rings (SSSR count). The van der Waals surface area contributed by atoms with Gasteiger partial charge in [-0.3, -0.25) is 0 Å². The predicted octanol–water partition coefficient (Wildman–Crippen LogP) is 2.89. The molecule has 0 radical (unpaired) electrons. The van der Waals surface area contributed by atoms with E-state index in [1.807, 2.05) is 39.0 Å². The Kier molecular flexibility index (Phi) is 4.44. The molecule has 1 aromatic carbocycles.